The maximum atomic E-state index is 12.5. The molecule has 5 nitrogen and oxygen atoms in total. The van der Waals surface area contributed by atoms with Crippen LogP contribution in [0.25, 0.3) is 0 Å². The van der Waals surface area contributed by atoms with Crippen molar-refractivity contribution >= 4 is 11.7 Å². The fourth-order valence-corrected chi connectivity index (χ4v) is 2.11. The van der Waals surface area contributed by atoms with Crippen molar-refractivity contribution in [3.63, 3.8) is 0 Å². The van der Waals surface area contributed by atoms with Gasteiger partial charge in [-0.2, -0.15) is 13.2 Å². The molecule has 0 aliphatic rings. The quantitative estimate of drug-likeness (QED) is 0.877. The molecule has 0 aliphatic heterocycles. The SMILES string of the molecule is Cc1cc(NC(=O)C[NH+](C)Cc2ccc(C(F)(F)F)cc2)no1. The molecule has 1 atom stereocenters. The molecular weight excluding hydrogens is 311 g/mol. The highest BCUT2D eigenvalue weighted by Gasteiger charge is 2.30. The van der Waals surface area contributed by atoms with E-state index in [2.05, 4.69) is 10.5 Å². The molecule has 0 aliphatic carbocycles. The van der Waals surface area contributed by atoms with E-state index < -0.39 is 11.7 Å². The number of anilines is 1. The largest absolute Gasteiger partial charge is 0.416 e. The van der Waals surface area contributed by atoms with Crippen molar-refractivity contribution < 1.29 is 27.4 Å². The molecule has 1 unspecified atom stereocenters. The summed E-state index contributed by atoms with van der Waals surface area (Å²) in [6.45, 7) is 2.31. The molecule has 1 aromatic carbocycles. The summed E-state index contributed by atoms with van der Waals surface area (Å²) in [7, 11) is 1.78. The second-order valence-corrected chi connectivity index (χ2v) is 5.38. The van der Waals surface area contributed by atoms with Gasteiger partial charge in [0.25, 0.3) is 5.91 Å². The molecule has 0 saturated carbocycles. The Morgan fingerprint density at radius 1 is 1.30 bits per heavy atom. The van der Waals surface area contributed by atoms with Crippen molar-refractivity contribution in [1.29, 1.82) is 0 Å². The van der Waals surface area contributed by atoms with Crippen LogP contribution in [0.15, 0.2) is 34.9 Å². The molecule has 2 aromatic rings. The summed E-state index contributed by atoms with van der Waals surface area (Å²) in [6, 6.07) is 6.53. The topological polar surface area (TPSA) is 59.6 Å². The molecule has 124 valence electrons. The zero-order chi connectivity index (χ0) is 17.0. The van der Waals surface area contributed by atoms with Crippen LogP contribution in [0.1, 0.15) is 16.9 Å². The third kappa shape index (κ3) is 5.10. The number of amides is 1. The number of aryl methyl sites for hydroxylation is 1. The molecule has 2 N–H and O–H groups in total. The lowest BCUT2D eigenvalue weighted by Gasteiger charge is -2.14. The minimum absolute atomic E-state index is 0.160. The van der Waals surface area contributed by atoms with E-state index in [0.717, 1.165) is 22.6 Å². The third-order valence-corrected chi connectivity index (χ3v) is 3.14. The Labute approximate surface area is 131 Å². The molecule has 0 spiro atoms. The molecule has 1 amide bonds. The fourth-order valence-electron chi connectivity index (χ4n) is 2.11. The predicted molar refractivity (Wildman–Crippen MR) is 76.8 cm³/mol. The second-order valence-electron chi connectivity index (χ2n) is 5.38. The summed E-state index contributed by atoms with van der Waals surface area (Å²) in [5.74, 6) is 0.684. The first-order chi connectivity index (χ1) is 10.7. The molecule has 0 fully saturated rings. The number of carbonyl (C=O) groups is 1. The van der Waals surface area contributed by atoms with Crippen molar-refractivity contribution in [2.75, 3.05) is 18.9 Å². The highest BCUT2D eigenvalue weighted by Crippen LogP contribution is 2.28. The third-order valence-electron chi connectivity index (χ3n) is 3.14. The Hall–Kier alpha value is -2.35. The van der Waals surface area contributed by atoms with Gasteiger partial charge in [0.1, 0.15) is 12.3 Å². The normalized spacial score (nSPS) is 12.9. The number of nitrogens with zero attached hydrogens (tertiary/aromatic N) is 1. The van der Waals surface area contributed by atoms with E-state index in [1.165, 1.54) is 12.1 Å². The molecule has 0 bridgehead atoms. The highest BCUT2D eigenvalue weighted by molar-refractivity contribution is 5.90. The van der Waals surface area contributed by atoms with Gasteiger partial charge in [0.15, 0.2) is 12.4 Å². The van der Waals surface area contributed by atoms with E-state index in [9.17, 15) is 18.0 Å². The number of halogens is 3. The summed E-state index contributed by atoms with van der Waals surface area (Å²) in [6.07, 6.45) is -4.34. The van der Waals surface area contributed by atoms with Crippen LogP contribution >= 0.6 is 0 Å². The van der Waals surface area contributed by atoms with Gasteiger partial charge < -0.3 is 14.7 Å². The van der Waals surface area contributed by atoms with Crippen LogP contribution in [0.2, 0.25) is 0 Å². The molecular formula is C15H17F3N3O2+. The summed E-state index contributed by atoms with van der Waals surface area (Å²) in [5, 5.41) is 6.25. The number of alkyl halides is 3. The number of rotatable bonds is 5. The Morgan fingerprint density at radius 2 is 1.96 bits per heavy atom. The number of hydrogen-bond acceptors (Lipinski definition) is 3. The monoisotopic (exact) mass is 328 g/mol. The smallest absolute Gasteiger partial charge is 0.360 e. The van der Waals surface area contributed by atoms with Crippen LogP contribution in [-0.2, 0) is 17.5 Å². The zero-order valence-electron chi connectivity index (χ0n) is 12.7. The molecule has 2 rings (SSSR count). The molecule has 23 heavy (non-hydrogen) atoms. The number of benzene rings is 1. The molecule has 1 aromatic heterocycles. The van der Waals surface area contributed by atoms with Gasteiger partial charge in [0, 0.05) is 11.6 Å². The molecule has 1 heterocycles. The number of nitrogens with one attached hydrogen (secondary N) is 2. The highest BCUT2D eigenvalue weighted by atomic mass is 19.4. The van der Waals surface area contributed by atoms with Gasteiger partial charge in [-0.05, 0) is 19.1 Å². The Bertz CT molecular complexity index is 665. The average molecular weight is 328 g/mol. The number of aromatic nitrogens is 1. The molecule has 0 radical (unpaired) electrons. The minimum Gasteiger partial charge on any atom is -0.360 e. The van der Waals surface area contributed by atoms with Gasteiger partial charge >= 0.3 is 6.18 Å². The first-order valence-electron chi connectivity index (χ1n) is 6.94. The number of likely N-dealkylation sites (N-methyl/N-ethyl adjacent to an activating group) is 1. The standard InChI is InChI=1S/C15H16F3N3O2/c1-10-7-13(20-23-10)19-14(22)9-21(2)8-11-3-5-12(6-4-11)15(16,17)18/h3-7H,8-9H2,1-2H3,(H,19,20,22)/p+1. The number of carbonyl (C=O) groups excluding carboxylic acids is 1. The predicted octanol–water partition coefficient (Wildman–Crippen LogP) is 1.66. The number of quaternary nitrogens is 1. The van der Waals surface area contributed by atoms with Gasteiger partial charge in [0.05, 0.1) is 12.6 Å². The van der Waals surface area contributed by atoms with Crippen LogP contribution < -0.4 is 10.2 Å². The van der Waals surface area contributed by atoms with Crippen molar-refractivity contribution in [2.24, 2.45) is 0 Å². The van der Waals surface area contributed by atoms with E-state index in [-0.39, 0.29) is 12.5 Å². The average Bonchev–Trinajstić information content (AvgIpc) is 2.83. The van der Waals surface area contributed by atoms with Crippen LogP contribution in [0.4, 0.5) is 19.0 Å². The first-order valence-corrected chi connectivity index (χ1v) is 6.94. The van der Waals surface area contributed by atoms with E-state index >= 15 is 0 Å². The van der Waals surface area contributed by atoms with E-state index in [1.54, 1.807) is 20.0 Å². The van der Waals surface area contributed by atoms with Crippen molar-refractivity contribution in [2.45, 2.75) is 19.6 Å². The van der Waals surface area contributed by atoms with E-state index in [4.69, 9.17) is 4.52 Å². The van der Waals surface area contributed by atoms with Crippen LogP contribution in [0.5, 0.6) is 0 Å². The zero-order valence-corrected chi connectivity index (χ0v) is 12.7. The van der Waals surface area contributed by atoms with Crippen LogP contribution in [-0.4, -0.2) is 24.7 Å². The van der Waals surface area contributed by atoms with Gasteiger partial charge in [-0.3, -0.25) is 4.79 Å². The van der Waals surface area contributed by atoms with Crippen molar-refractivity contribution in [3.05, 3.63) is 47.2 Å². The second kappa shape index (κ2) is 6.82. The van der Waals surface area contributed by atoms with Crippen LogP contribution in [0.3, 0.4) is 0 Å². The van der Waals surface area contributed by atoms with Gasteiger partial charge in [0.2, 0.25) is 0 Å². The molecule has 8 heteroatoms. The summed E-state index contributed by atoms with van der Waals surface area (Å²) in [4.78, 5) is 12.7. The van der Waals surface area contributed by atoms with Gasteiger partial charge in [-0.1, -0.05) is 17.3 Å². The Morgan fingerprint density at radius 3 is 2.48 bits per heavy atom. The Balaban J connectivity index is 1.86. The number of hydrogen-bond donors (Lipinski definition) is 2. The van der Waals surface area contributed by atoms with Gasteiger partial charge in [-0.25, -0.2) is 0 Å². The van der Waals surface area contributed by atoms with Gasteiger partial charge in [-0.15, -0.1) is 0 Å². The lowest BCUT2D eigenvalue weighted by molar-refractivity contribution is -0.885. The van der Waals surface area contributed by atoms with E-state index in [1.807, 2.05) is 0 Å². The summed E-state index contributed by atoms with van der Waals surface area (Å²) < 4.78 is 42.3. The van der Waals surface area contributed by atoms with Crippen LogP contribution in [0, 0.1) is 6.92 Å². The maximum absolute atomic E-state index is 12.5. The lowest BCUT2D eigenvalue weighted by atomic mass is 10.1. The molecule has 0 saturated heterocycles. The summed E-state index contributed by atoms with van der Waals surface area (Å²) in [5.41, 5.74) is 0.0404. The summed E-state index contributed by atoms with van der Waals surface area (Å²) >= 11 is 0. The first kappa shape index (κ1) is 17.0. The van der Waals surface area contributed by atoms with Crippen molar-refractivity contribution in [1.82, 2.24) is 5.16 Å². The Kier molecular flexibility index (Phi) is 5.05. The fraction of sp³-hybridized carbons (Fsp3) is 0.333. The van der Waals surface area contributed by atoms with E-state index in [0.29, 0.717) is 18.1 Å². The maximum Gasteiger partial charge on any atom is 0.416 e. The lowest BCUT2D eigenvalue weighted by Crippen LogP contribution is -3.08. The van der Waals surface area contributed by atoms with Crippen molar-refractivity contribution in [3.8, 4) is 0 Å². The minimum atomic E-state index is -4.34.